The Bertz CT molecular complexity index is 604. The molecule has 0 bridgehead atoms. The van der Waals surface area contributed by atoms with Gasteiger partial charge in [-0.05, 0) is 25.0 Å². The van der Waals surface area contributed by atoms with Crippen LogP contribution in [-0.2, 0) is 0 Å². The molecule has 2 heterocycles. The molecule has 0 amide bonds. The maximum atomic E-state index is 12.7. The molecule has 0 saturated carbocycles. The molecule has 2 rings (SSSR count). The number of nitrogens with zero attached hydrogens (tertiary/aromatic N) is 2. The molecule has 0 saturated heterocycles. The van der Waals surface area contributed by atoms with Crippen molar-refractivity contribution in [1.82, 2.24) is 14.9 Å². The topological polar surface area (TPSA) is 66.6 Å². The highest BCUT2D eigenvalue weighted by Gasteiger charge is 2.24. The van der Waals surface area contributed by atoms with Gasteiger partial charge in [0.05, 0.1) is 29.4 Å². The van der Waals surface area contributed by atoms with Gasteiger partial charge >= 0.3 is 0 Å². The van der Waals surface area contributed by atoms with Crippen molar-refractivity contribution in [3.63, 3.8) is 0 Å². The Kier molecular flexibility index (Phi) is 4.52. The average molecular weight is 275 g/mol. The molecule has 108 valence electrons. The molecule has 5 heteroatoms. The van der Waals surface area contributed by atoms with Gasteiger partial charge in [0.25, 0.3) is 0 Å². The molecule has 1 atom stereocenters. The van der Waals surface area contributed by atoms with Gasteiger partial charge in [0, 0.05) is 12.7 Å². The van der Waals surface area contributed by atoms with E-state index < -0.39 is 0 Å². The summed E-state index contributed by atoms with van der Waals surface area (Å²) in [6.45, 7) is 6.30. The van der Waals surface area contributed by atoms with Crippen LogP contribution in [0.15, 0.2) is 24.4 Å². The highest BCUT2D eigenvalue weighted by molar-refractivity contribution is 6.06. The molecule has 5 nitrogen and oxygen atoms in total. The van der Waals surface area contributed by atoms with Gasteiger partial charge in [-0.25, -0.2) is 4.52 Å². The zero-order valence-corrected chi connectivity index (χ0v) is 12.1. The maximum absolute atomic E-state index is 12.7. The van der Waals surface area contributed by atoms with E-state index in [1.807, 2.05) is 45.2 Å². The maximum Gasteiger partial charge on any atom is 0.183 e. The largest absolute Gasteiger partial charge is 0.395 e. The van der Waals surface area contributed by atoms with Crippen LogP contribution in [0.1, 0.15) is 42.7 Å². The lowest BCUT2D eigenvalue weighted by atomic mass is 9.98. The summed E-state index contributed by atoms with van der Waals surface area (Å²) in [5.41, 5.74) is 2.33. The van der Waals surface area contributed by atoms with E-state index >= 15 is 0 Å². The molecule has 0 aromatic carbocycles. The number of nitrogens with one attached hydrogen (secondary N) is 1. The number of aromatic nitrogens is 2. The molecular formula is C15H21N3O2. The van der Waals surface area contributed by atoms with Gasteiger partial charge in [0.1, 0.15) is 0 Å². The van der Waals surface area contributed by atoms with Crippen LogP contribution in [0, 0.1) is 0 Å². The SMILES string of the molecule is CC(NCCO)C(=O)c1c(C(C)C)nn2ccccc12. The van der Waals surface area contributed by atoms with Gasteiger partial charge in [0.2, 0.25) is 0 Å². The molecule has 0 spiro atoms. The minimum Gasteiger partial charge on any atom is -0.395 e. The highest BCUT2D eigenvalue weighted by Crippen LogP contribution is 2.24. The first kappa shape index (κ1) is 14.7. The number of aliphatic hydroxyl groups is 1. The normalized spacial score (nSPS) is 13.1. The van der Waals surface area contributed by atoms with Crippen molar-refractivity contribution < 1.29 is 9.90 Å². The third-order valence-corrected chi connectivity index (χ3v) is 3.32. The molecule has 2 aromatic heterocycles. The summed E-state index contributed by atoms with van der Waals surface area (Å²) >= 11 is 0. The fraction of sp³-hybridized carbons (Fsp3) is 0.467. The summed E-state index contributed by atoms with van der Waals surface area (Å²) in [6, 6.07) is 5.37. The Labute approximate surface area is 118 Å². The molecule has 1 unspecified atom stereocenters. The third-order valence-electron chi connectivity index (χ3n) is 3.32. The van der Waals surface area contributed by atoms with Crippen LogP contribution in [0.25, 0.3) is 5.52 Å². The lowest BCUT2D eigenvalue weighted by Crippen LogP contribution is -2.36. The van der Waals surface area contributed by atoms with Crippen molar-refractivity contribution in [2.75, 3.05) is 13.2 Å². The average Bonchev–Trinajstić information content (AvgIpc) is 2.83. The smallest absolute Gasteiger partial charge is 0.183 e. The van der Waals surface area contributed by atoms with Crippen LogP contribution in [0.2, 0.25) is 0 Å². The van der Waals surface area contributed by atoms with E-state index in [4.69, 9.17) is 5.11 Å². The van der Waals surface area contributed by atoms with Crippen molar-refractivity contribution in [2.45, 2.75) is 32.7 Å². The van der Waals surface area contributed by atoms with Crippen molar-refractivity contribution in [3.05, 3.63) is 35.7 Å². The van der Waals surface area contributed by atoms with Crippen LogP contribution in [0.3, 0.4) is 0 Å². The Morgan fingerprint density at radius 3 is 2.80 bits per heavy atom. The quantitative estimate of drug-likeness (QED) is 0.786. The minimum atomic E-state index is -0.340. The van der Waals surface area contributed by atoms with E-state index in [-0.39, 0.29) is 24.3 Å². The van der Waals surface area contributed by atoms with E-state index in [9.17, 15) is 4.79 Å². The summed E-state index contributed by atoms with van der Waals surface area (Å²) in [6.07, 6.45) is 1.85. The summed E-state index contributed by atoms with van der Waals surface area (Å²) in [5.74, 6) is 0.197. The first-order chi connectivity index (χ1) is 9.56. The van der Waals surface area contributed by atoms with Crippen LogP contribution in [-0.4, -0.2) is 39.7 Å². The number of carbonyl (C=O) groups excluding carboxylic acids is 1. The molecule has 2 N–H and O–H groups in total. The van der Waals surface area contributed by atoms with Crippen molar-refractivity contribution in [1.29, 1.82) is 0 Å². The number of rotatable bonds is 6. The number of aliphatic hydroxyl groups excluding tert-OH is 1. The molecular weight excluding hydrogens is 254 g/mol. The zero-order valence-electron chi connectivity index (χ0n) is 12.1. The van der Waals surface area contributed by atoms with Gasteiger partial charge < -0.3 is 10.4 Å². The molecule has 2 aromatic rings. The predicted molar refractivity (Wildman–Crippen MR) is 78.2 cm³/mol. The summed E-state index contributed by atoms with van der Waals surface area (Å²) in [5, 5.41) is 16.4. The summed E-state index contributed by atoms with van der Waals surface area (Å²) in [4.78, 5) is 12.7. The first-order valence-corrected chi connectivity index (χ1v) is 6.92. The number of carbonyl (C=O) groups is 1. The number of hydrogen-bond acceptors (Lipinski definition) is 4. The van der Waals surface area contributed by atoms with Crippen LogP contribution in [0.4, 0.5) is 0 Å². The van der Waals surface area contributed by atoms with E-state index in [1.54, 1.807) is 4.52 Å². The van der Waals surface area contributed by atoms with E-state index in [0.717, 1.165) is 11.2 Å². The lowest BCUT2D eigenvalue weighted by molar-refractivity contribution is 0.0949. The molecule has 0 fully saturated rings. The zero-order chi connectivity index (χ0) is 14.7. The van der Waals surface area contributed by atoms with E-state index in [0.29, 0.717) is 12.1 Å². The number of Topliss-reactive ketones (excluding diaryl/α,β-unsaturated/α-hetero) is 1. The number of fused-ring (bicyclic) bond motifs is 1. The molecule has 0 aliphatic carbocycles. The van der Waals surface area contributed by atoms with Gasteiger partial charge in [-0.15, -0.1) is 0 Å². The second-order valence-electron chi connectivity index (χ2n) is 5.21. The first-order valence-electron chi connectivity index (χ1n) is 6.92. The van der Waals surface area contributed by atoms with Gasteiger partial charge in [-0.2, -0.15) is 5.10 Å². The van der Waals surface area contributed by atoms with Crippen molar-refractivity contribution >= 4 is 11.3 Å². The highest BCUT2D eigenvalue weighted by atomic mass is 16.3. The Morgan fingerprint density at radius 2 is 2.15 bits per heavy atom. The molecule has 0 aliphatic rings. The Balaban J connectivity index is 2.45. The van der Waals surface area contributed by atoms with Crippen LogP contribution < -0.4 is 5.32 Å². The van der Waals surface area contributed by atoms with Gasteiger partial charge in [0.15, 0.2) is 5.78 Å². The fourth-order valence-electron chi connectivity index (χ4n) is 2.26. The third kappa shape index (κ3) is 2.73. The number of hydrogen-bond donors (Lipinski definition) is 2. The molecule has 20 heavy (non-hydrogen) atoms. The van der Waals surface area contributed by atoms with E-state index in [2.05, 4.69) is 10.4 Å². The number of pyridine rings is 1. The monoisotopic (exact) mass is 275 g/mol. The van der Waals surface area contributed by atoms with Gasteiger partial charge in [-0.3, -0.25) is 4.79 Å². The summed E-state index contributed by atoms with van der Waals surface area (Å²) in [7, 11) is 0. The fourth-order valence-corrected chi connectivity index (χ4v) is 2.26. The number of ketones is 1. The van der Waals surface area contributed by atoms with Crippen LogP contribution >= 0.6 is 0 Å². The van der Waals surface area contributed by atoms with Crippen molar-refractivity contribution in [2.24, 2.45) is 0 Å². The second-order valence-corrected chi connectivity index (χ2v) is 5.21. The lowest BCUT2D eigenvalue weighted by Gasteiger charge is -2.13. The Morgan fingerprint density at radius 1 is 1.40 bits per heavy atom. The second kappa shape index (κ2) is 6.15. The Hall–Kier alpha value is -1.72. The van der Waals surface area contributed by atoms with Crippen molar-refractivity contribution in [3.8, 4) is 0 Å². The molecule has 0 radical (unpaired) electrons. The van der Waals surface area contributed by atoms with Gasteiger partial charge in [-0.1, -0.05) is 19.9 Å². The molecule has 0 aliphatic heterocycles. The van der Waals surface area contributed by atoms with E-state index in [1.165, 1.54) is 0 Å². The summed E-state index contributed by atoms with van der Waals surface area (Å²) < 4.78 is 1.75. The minimum absolute atomic E-state index is 0.0170. The van der Waals surface area contributed by atoms with Crippen LogP contribution in [0.5, 0.6) is 0 Å². The standard InChI is InChI=1S/C15H21N3O2/c1-10(2)14-13(15(20)11(3)16-7-9-19)12-6-4-5-8-18(12)17-14/h4-6,8,10-11,16,19H,7,9H2,1-3H3. The predicted octanol–water partition coefficient (Wildman–Crippen LogP) is 1.61.